The first-order valence-electron chi connectivity index (χ1n) is 14.6. The van der Waals surface area contributed by atoms with Gasteiger partial charge in [-0.1, -0.05) is 26.0 Å². The Balaban J connectivity index is 1.33. The smallest absolute Gasteiger partial charge is 0.250 e. The monoisotopic (exact) mass is 541 g/mol. The van der Waals surface area contributed by atoms with Crippen LogP contribution in [0.15, 0.2) is 36.7 Å². The third kappa shape index (κ3) is 4.33. The Labute approximate surface area is 235 Å². The Kier molecular flexibility index (Phi) is 6.56. The predicted octanol–water partition coefficient (Wildman–Crippen LogP) is 4.65. The maximum Gasteiger partial charge on any atom is 0.250 e. The highest BCUT2D eigenvalue weighted by Gasteiger charge is 2.50. The first kappa shape index (κ1) is 26.7. The number of para-hydroxylation sites is 1. The SMILES string of the molecule is Cc1c(C(=O)[C@H]2CCN(C(=O)[C@@H]3CCC4(CC4)N3)[C@H](C)C2)c2ccncc2n1-c1c(C(N)=O)cccc1C(C)C. The van der Waals surface area contributed by atoms with E-state index in [0.29, 0.717) is 36.2 Å². The molecule has 1 saturated carbocycles. The first-order valence-corrected chi connectivity index (χ1v) is 14.6. The minimum atomic E-state index is -0.509. The maximum absolute atomic E-state index is 14.2. The number of nitrogens with two attached hydrogens (primary N) is 1. The topological polar surface area (TPSA) is 110 Å². The molecule has 6 rings (SSSR count). The van der Waals surface area contributed by atoms with Crippen LogP contribution in [0.2, 0.25) is 0 Å². The number of aromatic nitrogens is 2. The molecule has 3 aromatic rings. The number of amides is 2. The van der Waals surface area contributed by atoms with Crippen molar-refractivity contribution in [2.45, 2.75) is 89.8 Å². The lowest BCUT2D eigenvalue weighted by atomic mass is 9.84. The molecule has 8 nitrogen and oxygen atoms in total. The number of benzene rings is 1. The molecule has 3 aliphatic rings. The Morgan fingerprint density at radius 2 is 1.90 bits per heavy atom. The van der Waals surface area contributed by atoms with Crippen LogP contribution in [-0.2, 0) is 4.79 Å². The maximum atomic E-state index is 14.2. The van der Waals surface area contributed by atoms with Crippen LogP contribution in [-0.4, -0.2) is 56.2 Å². The molecule has 1 aliphatic carbocycles. The van der Waals surface area contributed by atoms with Gasteiger partial charge in [0.05, 0.1) is 29.0 Å². The molecule has 8 heteroatoms. The lowest BCUT2D eigenvalue weighted by Gasteiger charge is -2.38. The van der Waals surface area contributed by atoms with Crippen LogP contribution in [0.4, 0.5) is 0 Å². The molecule has 40 heavy (non-hydrogen) atoms. The second-order valence-electron chi connectivity index (χ2n) is 12.4. The molecule has 0 radical (unpaired) electrons. The minimum absolute atomic E-state index is 0.00814. The number of carbonyl (C=O) groups excluding carboxylic acids is 3. The van der Waals surface area contributed by atoms with Crippen molar-refractivity contribution in [1.29, 1.82) is 0 Å². The van der Waals surface area contributed by atoms with Gasteiger partial charge in [-0.05, 0) is 76.0 Å². The molecule has 1 aromatic carbocycles. The quantitative estimate of drug-likeness (QED) is 0.442. The predicted molar refractivity (Wildman–Crippen MR) is 155 cm³/mol. The summed E-state index contributed by atoms with van der Waals surface area (Å²) in [5, 5.41) is 4.41. The normalized spacial score (nSPS) is 23.7. The van der Waals surface area contributed by atoms with Crippen LogP contribution >= 0.6 is 0 Å². The number of carbonyl (C=O) groups is 3. The van der Waals surface area contributed by atoms with Crippen molar-refractivity contribution in [3.05, 3.63) is 59.0 Å². The molecular weight excluding hydrogens is 502 g/mol. The number of nitrogens with zero attached hydrogens (tertiary/aromatic N) is 3. The van der Waals surface area contributed by atoms with E-state index in [1.165, 1.54) is 12.8 Å². The van der Waals surface area contributed by atoms with E-state index in [9.17, 15) is 14.4 Å². The Morgan fingerprint density at radius 1 is 1.12 bits per heavy atom. The molecule has 3 N–H and O–H groups in total. The third-order valence-corrected chi connectivity index (χ3v) is 9.51. The molecule has 2 aliphatic heterocycles. The molecule has 2 aromatic heterocycles. The lowest BCUT2D eigenvalue weighted by molar-refractivity contribution is -0.137. The standard InChI is InChI=1S/C32H39N5O3/c1-18(2)22-6-5-7-24(30(33)39)28(22)37-20(4)27(23-9-14-34-17-26(23)37)29(38)21-10-15-36(19(3)16-21)31(40)25-8-11-32(35-25)12-13-32/h5-7,9,14,17-19,21,25,35H,8,10-13,15-16H2,1-4H3,(H2,33,39)/t19-,21+,25+/m1/s1. The summed E-state index contributed by atoms with van der Waals surface area (Å²) in [6.07, 6.45) is 9.07. The number of primary amides is 1. The van der Waals surface area contributed by atoms with E-state index in [4.69, 9.17) is 5.73 Å². The zero-order chi connectivity index (χ0) is 28.3. The lowest BCUT2D eigenvalue weighted by Crippen LogP contribution is -2.52. The third-order valence-electron chi connectivity index (χ3n) is 9.51. The number of nitrogens with one attached hydrogen (secondary N) is 1. The molecular formula is C32H39N5O3. The van der Waals surface area contributed by atoms with Crippen molar-refractivity contribution < 1.29 is 14.4 Å². The van der Waals surface area contributed by atoms with E-state index < -0.39 is 5.91 Å². The average Bonchev–Trinajstić information content (AvgIpc) is 3.45. The number of piperidine rings is 1. The number of hydrogen-bond donors (Lipinski definition) is 2. The van der Waals surface area contributed by atoms with E-state index >= 15 is 0 Å². The van der Waals surface area contributed by atoms with Crippen LogP contribution in [0.1, 0.15) is 97.2 Å². The van der Waals surface area contributed by atoms with Gasteiger partial charge >= 0.3 is 0 Å². The number of hydrogen-bond acceptors (Lipinski definition) is 5. The summed E-state index contributed by atoms with van der Waals surface area (Å²) in [7, 11) is 0. The summed E-state index contributed by atoms with van der Waals surface area (Å²) in [4.78, 5) is 46.5. The van der Waals surface area contributed by atoms with Gasteiger partial charge in [-0.25, -0.2) is 0 Å². The van der Waals surface area contributed by atoms with Gasteiger partial charge in [0.25, 0.3) is 5.91 Å². The number of likely N-dealkylation sites (tertiary alicyclic amines) is 1. The van der Waals surface area contributed by atoms with Gasteiger partial charge in [0.2, 0.25) is 5.91 Å². The fourth-order valence-electron chi connectivity index (χ4n) is 7.14. The zero-order valence-corrected chi connectivity index (χ0v) is 23.9. The van der Waals surface area contributed by atoms with Crippen LogP contribution in [0, 0.1) is 12.8 Å². The molecule has 3 atom stereocenters. The van der Waals surface area contributed by atoms with Gasteiger partial charge in [-0.15, -0.1) is 0 Å². The van der Waals surface area contributed by atoms with Crippen LogP contribution in [0.3, 0.4) is 0 Å². The second kappa shape index (κ2) is 9.84. The Morgan fingerprint density at radius 3 is 2.55 bits per heavy atom. The van der Waals surface area contributed by atoms with Gasteiger partial charge in [-0.3, -0.25) is 19.4 Å². The minimum Gasteiger partial charge on any atom is -0.366 e. The summed E-state index contributed by atoms with van der Waals surface area (Å²) in [5.41, 5.74) is 10.4. The van der Waals surface area contributed by atoms with Crippen molar-refractivity contribution in [2.24, 2.45) is 11.7 Å². The van der Waals surface area contributed by atoms with Crippen LogP contribution < -0.4 is 11.1 Å². The highest BCUT2D eigenvalue weighted by Crippen LogP contribution is 2.45. The van der Waals surface area contributed by atoms with Gasteiger partial charge in [0, 0.05) is 46.9 Å². The van der Waals surface area contributed by atoms with Crippen molar-refractivity contribution in [3.63, 3.8) is 0 Å². The van der Waals surface area contributed by atoms with E-state index in [-0.39, 0.29) is 41.1 Å². The second-order valence-corrected chi connectivity index (χ2v) is 12.4. The fraction of sp³-hybridized carbons (Fsp3) is 0.500. The van der Waals surface area contributed by atoms with Gasteiger partial charge in [0.15, 0.2) is 5.78 Å². The van der Waals surface area contributed by atoms with E-state index in [1.807, 2.05) is 34.6 Å². The summed E-state index contributed by atoms with van der Waals surface area (Å²) in [6.45, 7) is 8.75. The van der Waals surface area contributed by atoms with Gasteiger partial charge in [0.1, 0.15) is 0 Å². The van der Waals surface area contributed by atoms with Crippen molar-refractivity contribution in [1.82, 2.24) is 19.8 Å². The number of ketones is 1. The number of Topliss-reactive ketones (excluding diaryl/α,β-unsaturated/α-hetero) is 1. The molecule has 210 valence electrons. The fourth-order valence-corrected chi connectivity index (χ4v) is 7.14. The molecule has 3 fully saturated rings. The summed E-state index contributed by atoms with van der Waals surface area (Å²) < 4.78 is 1.99. The van der Waals surface area contributed by atoms with Crippen LogP contribution in [0.25, 0.3) is 16.6 Å². The Bertz CT molecular complexity index is 1520. The number of rotatable bonds is 6. The van der Waals surface area contributed by atoms with Crippen molar-refractivity contribution in [2.75, 3.05) is 6.54 Å². The Hall–Kier alpha value is -3.52. The molecule has 0 unspecified atom stereocenters. The molecule has 2 amide bonds. The molecule has 2 saturated heterocycles. The van der Waals surface area contributed by atoms with Crippen molar-refractivity contribution >= 4 is 28.5 Å². The number of pyridine rings is 1. The highest BCUT2D eigenvalue weighted by molar-refractivity contribution is 6.11. The van der Waals surface area contributed by atoms with Crippen molar-refractivity contribution in [3.8, 4) is 5.69 Å². The first-order chi connectivity index (χ1) is 19.1. The van der Waals surface area contributed by atoms with Gasteiger partial charge < -0.3 is 20.5 Å². The van der Waals surface area contributed by atoms with Crippen LogP contribution in [0.5, 0.6) is 0 Å². The largest absolute Gasteiger partial charge is 0.366 e. The van der Waals surface area contributed by atoms with E-state index in [2.05, 4.69) is 31.1 Å². The highest BCUT2D eigenvalue weighted by atomic mass is 16.2. The molecule has 0 bridgehead atoms. The summed E-state index contributed by atoms with van der Waals surface area (Å²) in [6, 6.07) is 7.39. The van der Waals surface area contributed by atoms with Gasteiger partial charge in [-0.2, -0.15) is 0 Å². The summed E-state index contributed by atoms with van der Waals surface area (Å²) >= 11 is 0. The van der Waals surface area contributed by atoms with E-state index in [1.54, 1.807) is 18.5 Å². The molecule has 1 spiro atoms. The molecule has 4 heterocycles. The zero-order valence-electron chi connectivity index (χ0n) is 23.9. The number of fused-ring (bicyclic) bond motifs is 1. The summed E-state index contributed by atoms with van der Waals surface area (Å²) in [5.74, 6) is -0.290. The average molecular weight is 542 g/mol. The van der Waals surface area contributed by atoms with E-state index in [0.717, 1.165) is 35.0 Å².